The number of halogens is 1. The molecule has 2 aliphatic rings. The summed E-state index contributed by atoms with van der Waals surface area (Å²) in [7, 11) is 0. The normalized spacial score (nSPS) is 20.5. The van der Waals surface area contributed by atoms with Crippen LogP contribution in [0.3, 0.4) is 0 Å². The number of fused-ring (bicyclic) bond motifs is 1. The van der Waals surface area contributed by atoms with E-state index in [9.17, 15) is 9.18 Å². The fraction of sp³-hybridized carbons (Fsp3) is 0.435. The molecule has 2 heterocycles. The lowest BCUT2D eigenvalue weighted by Gasteiger charge is -2.35. The molecular formula is C23H28FN3O2. The van der Waals surface area contributed by atoms with Crippen molar-refractivity contribution in [3.8, 4) is 0 Å². The van der Waals surface area contributed by atoms with Crippen molar-refractivity contribution >= 4 is 11.6 Å². The van der Waals surface area contributed by atoms with Gasteiger partial charge in [0.15, 0.2) is 0 Å². The molecule has 0 aromatic heterocycles. The number of para-hydroxylation sites is 1. The molecule has 154 valence electrons. The van der Waals surface area contributed by atoms with E-state index in [4.69, 9.17) is 4.74 Å². The van der Waals surface area contributed by atoms with Crippen LogP contribution in [0, 0.1) is 5.82 Å². The molecule has 29 heavy (non-hydrogen) atoms. The maximum Gasteiger partial charge on any atom is 0.241 e. The molecule has 2 atom stereocenters. The van der Waals surface area contributed by atoms with Crippen LogP contribution < -0.4 is 10.2 Å². The largest absolute Gasteiger partial charge is 0.379 e. The van der Waals surface area contributed by atoms with Gasteiger partial charge in [0, 0.05) is 37.4 Å². The van der Waals surface area contributed by atoms with E-state index in [0.29, 0.717) is 19.8 Å². The van der Waals surface area contributed by atoms with E-state index in [1.807, 2.05) is 35.2 Å². The lowest BCUT2D eigenvalue weighted by Crippen LogP contribution is -2.46. The molecule has 1 fully saturated rings. The molecule has 0 spiro atoms. The summed E-state index contributed by atoms with van der Waals surface area (Å²) in [5.41, 5.74) is 3.30. The molecule has 4 rings (SSSR count). The summed E-state index contributed by atoms with van der Waals surface area (Å²) in [6.45, 7) is 6.04. The van der Waals surface area contributed by atoms with Gasteiger partial charge >= 0.3 is 0 Å². The first-order chi connectivity index (χ1) is 14.1. The zero-order valence-corrected chi connectivity index (χ0v) is 16.8. The van der Waals surface area contributed by atoms with Crippen molar-refractivity contribution in [2.24, 2.45) is 0 Å². The van der Waals surface area contributed by atoms with Crippen molar-refractivity contribution in [2.45, 2.75) is 25.4 Å². The topological polar surface area (TPSA) is 44.8 Å². The van der Waals surface area contributed by atoms with Crippen LogP contribution in [0.4, 0.5) is 10.1 Å². The van der Waals surface area contributed by atoms with E-state index in [2.05, 4.69) is 23.2 Å². The van der Waals surface area contributed by atoms with Gasteiger partial charge in [0.2, 0.25) is 5.91 Å². The summed E-state index contributed by atoms with van der Waals surface area (Å²) in [5.74, 6) is -0.151. The summed E-state index contributed by atoms with van der Waals surface area (Å²) >= 11 is 0. The van der Waals surface area contributed by atoms with Gasteiger partial charge in [0.05, 0.1) is 19.8 Å². The number of carbonyl (C=O) groups is 1. The molecule has 1 amide bonds. The highest BCUT2D eigenvalue weighted by Gasteiger charge is 2.30. The quantitative estimate of drug-likeness (QED) is 0.814. The van der Waals surface area contributed by atoms with Crippen molar-refractivity contribution in [1.29, 1.82) is 0 Å². The molecule has 1 N–H and O–H groups in total. The third-order valence-electron chi connectivity index (χ3n) is 5.83. The highest BCUT2D eigenvalue weighted by atomic mass is 19.1. The van der Waals surface area contributed by atoms with Gasteiger partial charge in [-0.25, -0.2) is 4.39 Å². The van der Waals surface area contributed by atoms with Crippen LogP contribution in [0.1, 0.15) is 24.1 Å². The van der Waals surface area contributed by atoms with Crippen molar-refractivity contribution in [1.82, 2.24) is 10.2 Å². The zero-order valence-electron chi connectivity index (χ0n) is 16.8. The van der Waals surface area contributed by atoms with Crippen LogP contribution in [-0.4, -0.2) is 56.2 Å². The van der Waals surface area contributed by atoms with Gasteiger partial charge in [-0.15, -0.1) is 0 Å². The first-order valence-electron chi connectivity index (χ1n) is 10.3. The van der Waals surface area contributed by atoms with Gasteiger partial charge in [-0.1, -0.05) is 30.3 Å². The molecule has 5 nitrogen and oxygen atoms in total. The number of amides is 1. The Bertz CT molecular complexity index is 836. The van der Waals surface area contributed by atoms with Crippen molar-refractivity contribution in [3.05, 3.63) is 65.5 Å². The number of anilines is 1. The van der Waals surface area contributed by atoms with E-state index in [0.717, 1.165) is 30.8 Å². The standard InChI is InChI=1S/C23H28FN3O2/c1-17-14-19-4-2-3-5-21(19)27(17)23(28)16-25-15-22(26-10-12-29-13-11-26)18-6-8-20(24)9-7-18/h2-9,17,22,25H,10-16H2,1H3/t17-,22-/m1/s1. The molecule has 0 bridgehead atoms. The first kappa shape index (κ1) is 20.0. The predicted molar refractivity (Wildman–Crippen MR) is 111 cm³/mol. The van der Waals surface area contributed by atoms with E-state index < -0.39 is 0 Å². The number of morpholine rings is 1. The van der Waals surface area contributed by atoms with E-state index in [1.165, 1.54) is 17.7 Å². The highest BCUT2D eigenvalue weighted by molar-refractivity contribution is 5.97. The average molecular weight is 397 g/mol. The molecule has 2 aliphatic heterocycles. The van der Waals surface area contributed by atoms with Gasteiger partial charge < -0.3 is 15.0 Å². The Hall–Kier alpha value is -2.28. The van der Waals surface area contributed by atoms with Gasteiger partial charge in [-0.2, -0.15) is 0 Å². The second kappa shape index (κ2) is 9.03. The third kappa shape index (κ3) is 4.50. The lowest BCUT2D eigenvalue weighted by atomic mass is 10.0. The Balaban J connectivity index is 1.41. The number of hydrogen-bond donors (Lipinski definition) is 1. The summed E-state index contributed by atoms with van der Waals surface area (Å²) in [4.78, 5) is 17.2. The molecule has 2 aromatic rings. The fourth-order valence-electron chi connectivity index (χ4n) is 4.38. The van der Waals surface area contributed by atoms with Crippen LogP contribution in [0.15, 0.2) is 48.5 Å². The minimum absolute atomic E-state index is 0.0792. The Morgan fingerprint density at radius 3 is 2.66 bits per heavy atom. The Labute approximate surface area is 171 Å². The highest BCUT2D eigenvalue weighted by Crippen LogP contribution is 2.31. The minimum atomic E-state index is -0.237. The molecule has 6 heteroatoms. The Morgan fingerprint density at radius 2 is 1.90 bits per heavy atom. The lowest BCUT2D eigenvalue weighted by molar-refractivity contribution is -0.118. The summed E-state index contributed by atoms with van der Waals surface area (Å²) in [6.07, 6.45) is 0.897. The number of nitrogens with zero attached hydrogens (tertiary/aromatic N) is 2. The van der Waals surface area contributed by atoms with Gasteiger partial charge in [-0.05, 0) is 42.7 Å². The Morgan fingerprint density at radius 1 is 1.17 bits per heavy atom. The number of carbonyl (C=O) groups excluding carboxylic acids is 1. The molecule has 2 aromatic carbocycles. The smallest absolute Gasteiger partial charge is 0.241 e. The van der Waals surface area contributed by atoms with E-state index >= 15 is 0 Å². The number of hydrogen-bond acceptors (Lipinski definition) is 4. The molecule has 0 radical (unpaired) electrons. The first-order valence-corrected chi connectivity index (χ1v) is 10.3. The molecule has 0 saturated carbocycles. The monoisotopic (exact) mass is 397 g/mol. The molecular weight excluding hydrogens is 369 g/mol. The van der Waals surface area contributed by atoms with Crippen LogP contribution >= 0.6 is 0 Å². The van der Waals surface area contributed by atoms with Crippen molar-refractivity contribution in [3.63, 3.8) is 0 Å². The van der Waals surface area contributed by atoms with Crippen LogP contribution in [0.2, 0.25) is 0 Å². The zero-order chi connectivity index (χ0) is 20.2. The summed E-state index contributed by atoms with van der Waals surface area (Å²) in [5, 5.41) is 3.36. The fourth-order valence-corrected chi connectivity index (χ4v) is 4.38. The minimum Gasteiger partial charge on any atom is -0.379 e. The number of rotatable bonds is 6. The van der Waals surface area contributed by atoms with Crippen LogP contribution in [0.5, 0.6) is 0 Å². The number of ether oxygens (including phenoxy) is 1. The summed E-state index contributed by atoms with van der Waals surface area (Å²) in [6, 6.07) is 15.0. The second-order valence-corrected chi connectivity index (χ2v) is 7.79. The molecule has 0 aliphatic carbocycles. The Kier molecular flexibility index (Phi) is 6.23. The van der Waals surface area contributed by atoms with E-state index in [1.54, 1.807) is 0 Å². The van der Waals surface area contributed by atoms with Gasteiger partial charge in [0.25, 0.3) is 0 Å². The van der Waals surface area contributed by atoms with Crippen LogP contribution in [0.25, 0.3) is 0 Å². The predicted octanol–water partition coefficient (Wildman–Crippen LogP) is 2.77. The second-order valence-electron chi connectivity index (χ2n) is 7.79. The maximum absolute atomic E-state index is 13.4. The SMILES string of the molecule is C[C@@H]1Cc2ccccc2N1C(=O)CNC[C@H](c1ccc(F)cc1)N1CCOCC1. The average Bonchev–Trinajstić information content (AvgIpc) is 3.08. The van der Waals surface area contributed by atoms with Crippen molar-refractivity contribution < 1.29 is 13.9 Å². The van der Waals surface area contributed by atoms with Gasteiger partial charge in [-0.3, -0.25) is 9.69 Å². The van der Waals surface area contributed by atoms with Gasteiger partial charge in [0.1, 0.15) is 5.82 Å². The molecule has 0 unspecified atom stereocenters. The molecule has 1 saturated heterocycles. The van der Waals surface area contributed by atoms with E-state index in [-0.39, 0.29) is 30.4 Å². The number of benzene rings is 2. The third-order valence-corrected chi connectivity index (χ3v) is 5.83. The summed E-state index contributed by atoms with van der Waals surface area (Å²) < 4.78 is 18.9. The van der Waals surface area contributed by atoms with Crippen molar-refractivity contribution in [2.75, 3.05) is 44.3 Å². The maximum atomic E-state index is 13.4. The number of nitrogens with one attached hydrogen (secondary N) is 1. The van der Waals surface area contributed by atoms with Crippen LogP contribution in [-0.2, 0) is 16.0 Å².